The lowest BCUT2D eigenvalue weighted by Crippen LogP contribution is -2.39. The fourth-order valence-corrected chi connectivity index (χ4v) is 3.15. The summed E-state index contributed by atoms with van der Waals surface area (Å²) in [6, 6.07) is 6.26. The first kappa shape index (κ1) is 19.2. The molecule has 1 heterocycles. The first-order valence-electron chi connectivity index (χ1n) is 8.71. The maximum absolute atomic E-state index is 5.82. The third-order valence-electron chi connectivity index (χ3n) is 3.51. The Kier molecular flexibility index (Phi) is 7.73. The molecule has 25 heavy (non-hydrogen) atoms. The Morgan fingerprint density at radius 3 is 2.56 bits per heavy atom. The summed E-state index contributed by atoms with van der Waals surface area (Å²) in [6.45, 7) is 11.1. The van der Waals surface area contributed by atoms with E-state index in [9.17, 15) is 0 Å². The highest BCUT2D eigenvalue weighted by molar-refractivity contribution is 7.09. The molecule has 0 atom stereocenters. The molecule has 0 aliphatic heterocycles. The molecule has 1 aromatic heterocycles. The van der Waals surface area contributed by atoms with E-state index >= 15 is 0 Å². The zero-order valence-corrected chi connectivity index (χ0v) is 16.4. The Bertz CT molecular complexity index is 676. The lowest BCUT2D eigenvalue weighted by Gasteiger charge is -2.12. The molecule has 2 aromatic rings. The smallest absolute Gasteiger partial charge is 0.191 e. The van der Waals surface area contributed by atoms with E-state index in [1.165, 1.54) is 11.1 Å². The van der Waals surface area contributed by atoms with Crippen molar-refractivity contribution in [3.63, 3.8) is 0 Å². The average Bonchev–Trinajstić information content (AvgIpc) is 2.96. The van der Waals surface area contributed by atoms with Crippen LogP contribution in [0.15, 0.2) is 28.6 Å². The van der Waals surface area contributed by atoms with Crippen molar-refractivity contribution in [1.82, 2.24) is 15.6 Å². The molecule has 6 heteroatoms. The summed E-state index contributed by atoms with van der Waals surface area (Å²) >= 11 is 1.68. The van der Waals surface area contributed by atoms with Crippen LogP contribution in [0.3, 0.4) is 0 Å². The van der Waals surface area contributed by atoms with Gasteiger partial charge in [0.15, 0.2) is 5.96 Å². The number of aromatic nitrogens is 1. The van der Waals surface area contributed by atoms with E-state index in [0.29, 0.717) is 13.2 Å². The summed E-state index contributed by atoms with van der Waals surface area (Å²) in [5.41, 5.74) is 3.55. The molecule has 2 rings (SSSR count). The van der Waals surface area contributed by atoms with Gasteiger partial charge in [0, 0.05) is 24.9 Å². The number of ether oxygens (including phenoxy) is 1. The molecule has 0 aliphatic carbocycles. The van der Waals surface area contributed by atoms with E-state index in [1.54, 1.807) is 11.3 Å². The summed E-state index contributed by atoms with van der Waals surface area (Å²) in [6.07, 6.45) is 0.861. The molecular weight excluding hydrogens is 332 g/mol. The Balaban J connectivity index is 1.75. The third kappa shape index (κ3) is 7.13. The summed E-state index contributed by atoms with van der Waals surface area (Å²) in [5.74, 6) is 1.73. The normalized spacial score (nSPS) is 11.4. The lowest BCUT2D eigenvalue weighted by molar-refractivity contribution is 0.321. The summed E-state index contributed by atoms with van der Waals surface area (Å²) in [5, 5.41) is 9.77. The van der Waals surface area contributed by atoms with Crippen LogP contribution in [0.25, 0.3) is 0 Å². The minimum absolute atomic E-state index is 0.596. The molecule has 0 aliphatic rings. The predicted molar refractivity (Wildman–Crippen MR) is 106 cm³/mol. The molecule has 0 saturated heterocycles. The molecule has 0 unspecified atom stereocenters. The molecule has 0 amide bonds. The summed E-state index contributed by atoms with van der Waals surface area (Å²) in [4.78, 5) is 9.06. The highest BCUT2D eigenvalue weighted by Gasteiger charge is 2.01. The van der Waals surface area contributed by atoms with Gasteiger partial charge in [0.2, 0.25) is 0 Å². The van der Waals surface area contributed by atoms with Gasteiger partial charge in [0.05, 0.1) is 17.2 Å². The fourth-order valence-electron chi connectivity index (χ4n) is 2.50. The van der Waals surface area contributed by atoms with Gasteiger partial charge in [-0.1, -0.05) is 6.07 Å². The van der Waals surface area contributed by atoms with Gasteiger partial charge in [0.25, 0.3) is 0 Å². The molecule has 0 fully saturated rings. The molecule has 0 bridgehead atoms. The fraction of sp³-hybridized carbons (Fsp3) is 0.474. The highest BCUT2D eigenvalue weighted by Crippen LogP contribution is 2.15. The highest BCUT2D eigenvalue weighted by atomic mass is 32.1. The van der Waals surface area contributed by atoms with Gasteiger partial charge in [-0.15, -0.1) is 11.3 Å². The number of nitrogens with zero attached hydrogens (tertiary/aromatic N) is 2. The number of aliphatic imine (C=N–C) groups is 1. The van der Waals surface area contributed by atoms with Crippen molar-refractivity contribution in [2.24, 2.45) is 4.99 Å². The molecule has 5 nitrogen and oxygen atoms in total. The van der Waals surface area contributed by atoms with Gasteiger partial charge in [-0.05, 0) is 51.0 Å². The SMILES string of the molecule is CCNC(=NCCc1csc(C)n1)NCCOc1cc(C)cc(C)c1. The maximum Gasteiger partial charge on any atom is 0.191 e. The Morgan fingerprint density at radius 2 is 1.92 bits per heavy atom. The van der Waals surface area contributed by atoms with Gasteiger partial charge in [-0.2, -0.15) is 0 Å². The summed E-state index contributed by atoms with van der Waals surface area (Å²) in [7, 11) is 0. The van der Waals surface area contributed by atoms with Crippen LogP contribution in [0.5, 0.6) is 5.75 Å². The molecule has 136 valence electrons. The van der Waals surface area contributed by atoms with Crippen LogP contribution < -0.4 is 15.4 Å². The first-order valence-corrected chi connectivity index (χ1v) is 9.59. The minimum atomic E-state index is 0.596. The standard InChI is InChI=1S/C19H28N4OS/c1-5-20-19(21-7-6-17-13-25-16(4)23-17)22-8-9-24-18-11-14(2)10-15(3)12-18/h10-13H,5-9H2,1-4H3,(H2,20,21,22). The van der Waals surface area contributed by atoms with Crippen molar-refractivity contribution in [2.45, 2.75) is 34.1 Å². The van der Waals surface area contributed by atoms with E-state index in [-0.39, 0.29) is 0 Å². The molecule has 0 saturated carbocycles. The maximum atomic E-state index is 5.82. The average molecular weight is 361 g/mol. The number of aryl methyl sites for hydroxylation is 3. The van der Waals surface area contributed by atoms with Crippen molar-refractivity contribution in [2.75, 3.05) is 26.2 Å². The topological polar surface area (TPSA) is 58.5 Å². The van der Waals surface area contributed by atoms with Crippen molar-refractivity contribution >= 4 is 17.3 Å². The number of hydrogen-bond donors (Lipinski definition) is 2. The number of hydrogen-bond acceptors (Lipinski definition) is 4. The Labute approximate surface area is 154 Å². The van der Waals surface area contributed by atoms with Crippen molar-refractivity contribution in [3.05, 3.63) is 45.4 Å². The van der Waals surface area contributed by atoms with Gasteiger partial charge in [-0.25, -0.2) is 4.98 Å². The van der Waals surface area contributed by atoms with E-state index < -0.39 is 0 Å². The molecule has 1 aromatic carbocycles. The van der Waals surface area contributed by atoms with Gasteiger partial charge in [0.1, 0.15) is 12.4 Å². The van der Waals surface area contributed by atoms with Crippen molar-refractivity contribution in [3.8, 4) is 5.75 Å². The second-order valence-corrected chi connectivity index (χ2v) is 7.03. The first-order chi connectivity index (χ1) is 12.1. The zero-order valence-electron chi connectivity index (χ0n) is 15.6. The lowest BCUT2D eigenvalue weighted by atomic mass is 10.1. The number of rotatable bonds is 8. The van der Waals surface area contributed by atoms with Crippen molar-refractivity contribution in [1.29, 1.82) is 0 Å². The summed E-state index contributed by atoms with van der Waals surface area (Å²) < 4.78 is 5.82. The number of guanidine groups is 1. The van der Waals surface area contributed by atoms with Gasteiger partial charge >= 0.3 is 0 Å². The van der Waals surface area contributed by atoms with E-state index in [1.807, 2.05) is 6.92 Å². The quantitative estimate of drug-likeness (QED) is 0.431. The van der Waals surface area contributed by atoms with E-state index in [0.717, 1.165) is 41.9 Å². The zero-order chi connectivity index (χ0) is 18.1. The van der Waals surface area contributed by atoms with Crippen LogP contribution in [0.2, 0.25) is 0 Å². The number of nitrogens with one attached hydrogen (secondary N) is 2. The van der Waals surface area contributed by atoms with Crippen LogP contribution in [-0.4, -0.2) is 37.2 Å². The van der Waals surface area contributed by atoms with E-state index in [4.69, 9.17) is 4.74 Å². The predicted octanol–water partition coefficient (Wildman–Crippen LogP) is 3.24. The number of benzene rings is 1. The van der Waals surface area contributed by atoms with Crippen molar-refractivity contribution < 1.29 is 4.74 Å². The van der Waals surface area contributed by atoms with Gasteiger partial charge < -0.3 is 15.4 Å². The second kappa shape index (κ2) is 10.0. The van der Waals surface area contributed by atoms with E-state index in [2.05, 4.69) is 65.0 Å². The van der Waals surface area contributed by atoms with Crippen LogP contribution in [-0.2, 0) is 6.42 Å². The largest absolute Gasteiger partial charge is 0.492 e. The van der Waals surface area contributed by atoms with Crippen LogP contribution in [0.1, 0.15) is 28.8 Å². The monoisotopic (exact) mass is 360 g/mol. The Hall–Kier alpha value is -2.08. The molecule has 0 radical (unpaired) electrons. The molecule has 0 spiro atoms. The molecule has 2 N–H and O–H groups in total. The number of thiazole rings is 1. The van der Waals surface area contributed by atoms with Crippen LogP contribution in [0.4, 0.5) is 0 Å². The third-order valence-corrected chi connectivity index (χ3v) is 4.33. The second-order valence-electron chi connectivity index (χ2n) is 5.97. The minimum Gasteiger partial charge on any atom is -0.492 e. The van der Waals surface area contributed by atoms with Gasteiger partial charge in [-0.3, -0.25) is 4.99 Å². The Morgan fingerprint density at radius 1 is 1.16 bits per heavy atom. The van der Waals surface area contributed by atoms with Crippen LogP contribution >= 0.6 is 11.3 Å². The van der Waals surface area contributed by atoms with Crippen LogP contribution in [0, 0.1) is 20.8 Å². The molecular formula is C19H28N4OS.